The molecule has 126 valence electrons. The van der Waals surface area contributed by atoms with Gasteiger partial charge < -0.3 is 24.8 Å². The Hall–Kier alpha value is -2.09. The summed E-state index contributed by atoms with van der Waals surface area (Å²) in [4.78, 5) is 34.0. The van der Waals surface area contributed by atoms with E-state index in [0.29, 0.717) is 0 Å². The second-order valence-corrected chi connectivity index (χ2v) is 5.19. The van der Waals surface area contributed by atoms with E-state index in [4.69, 9.17) is 14.2 Å². The van der Waals surface area contributed by atoms with Crippen LogP contribution in [0.15, 0.2) is 12.2 Å². The number of hydrogen-bond donors (Lipinski definition) is 2. The number of methoxy groups -OCH3 is 1. The Morgan fingerprint density at radius 2 is 1.82 bits per heavy atom. The molecule has 0 unspecified atom stereocenters. The van der Waals surface area contributed by atoms with Gasteiger partial charge in [-0.05, 0) is 20.8 Å². The second kappa shape index (κ2) is 9.78. The number of hydrogen-bond acceptors (Lipinski definition) is 6. The van der Waals surface area contributed by atoms with Gasteiger partial charge in [-0.15, -0.1) is 0 Å². The fourth-order valence-electron chi connectivity index (χ4n) is 1.37. The SMILES string of the molecule is C=C(C)C(=O)OCCNC(=O)NCC(=O)OC(C)(C)COC. The fraction of sp³-hybridized carbons (Fsp3) is 0.643. The average Bonchev–Trinajstić information content (AvgIpc) is 2.40. The predicted molar refractivity (Wildman–Crippen MR) is 79.2 cm³/mol. The molecule has 22 heavy (non-hydrogen) atoms. The third-order valence-electron chi connectivity index (χ3n) is 2.24. The standard InChI is InChI=1S/C14H24N2O6/c1-10(2)12(18)21-7-6-15-13(19)16-8-11(17)22-14(3,4)9-20-5/h1,6-9H2,2-5H3,(H2,15,16,19). The van der Waals surface area contributed by atoms with Crippen LogP contribution in [0.5, 0.6) is 0 Å². The van der Waals surface area contributed by atoms with Gasteiger partial charge in [0, 0.05) is 12.7 Å². The zero-order chi connectivity index (χ0) is 17.2. The molecule has 0 saturated carbocycles. The van der Waals surface area contributed by atoms with Crippen LogP contribution >= 0.6 is 0 Å². The molecular weight excluding hydrogens is 292 g/mol. The molecule has 0 saturated heterocycles. The first-order valence-electron chi connectivity index (χ1n) is 6.73. The normalized spacial score (nSPS) is 10.5. The summed E-state index contributed by atoms with van der Waals surface area (Å²) in [6, 6.07) is -0.562. The van der Waals surface area contributed by atoms with Crippen molar-refractivity contribution in [2.24, 2.45) is 0 Å². The van der Waals surface area contributed by atoms with Gasteiger partial charge in [-0.25, -0.2) is 9.59 Å². The molecule has 2 N–H and O–H groups in total. The highest BCUT2D eigenvalue weighted by atomic mass is 16.6. The van der Waals surface area contributed by atoms with E-state index in [0.717, 1.165) is 0 Å². The van der Waals surface area contributed by atoms with Crippen LogP contribution < -0.4 is 10.6 Å². The van der Waals surface area contributed by atoms with E-state index in [1.165, 1.54) is 14.0 Å². The number of nitrogens with one attached hydrogen (secondary N) is 2. The molecule has 0 atom stereocenters. The van der Waals surface area contributed by atoms with Gasteiger partial charge >= 0.3 is 18.0 Å². The molecule has 0 aromatic rings. The number of esters is 2. The van der Waals surface area contributed by atoms with Crippen molar-refractivity contribution in [3.05, 3.63) is 12.2 Å². The number of carbonyl (C=O) groups excluding carboxylic acids is 3. The minimum Gasteiger partial charge on any atom is -0.460 e. The number of carbonyl (C=O) groups is 3. The number of urea groups is 1. The molecule has 0 rings (SSSR count). The molecule has 0 spiro atoms. The summed E-state index contributed by atoms with van der Waals surface area (Å²) in [7, 11) is 1.50. The Morgan fingerprint density at radius 1 is 1.18 bits per heavy atom. The largest absolute Gasteiger partial charge is 0.460 e. The smallest absolute Gasteiger partial charge is 0.333 e. The summed E-state index contributed by atoms with van der Waals surface area (Å²) in [5, 5.41) is 4.77. The first-order chi connectivity index (χ1) is 10.2. The Balaban J connectivity index is 3.83. The molecule has 0 fully saturated rings. The predicted octanol–water partition coefficient (Wildman–Crippen LogP) is 0.373. The highest BCUT2D eigenvalue weighted by Crippen LogP contribution is 2.08. The lowest BCUT2D eigenvalue weighted by atomic mass is 10.1. The maximum Gasteiger partial charge on any atom is 0.333 e. The molecule has 0 aliphatic rings. The average molecular weight is 316 g/mol. The number of ether oxygens (including phenoxy) is 3. The van der Waals surface area contributed by atoms with Crippen molar-refractivity contribution in [2.45, 2.75) is 26.4 Å². The maximum absolute atomic E-state index is 11.5. The van der Waals surface area contributed by atoms with Crippen molar-refractivity contribution in [2.75, 3.05) is 33.4 Å². The minimum atomic E-state index is -0.763. The van der Waals surface area contributed by atoms with E-state index in [1.54, 1.807) is 13.8 Å². The van der Waals surface area contributed by atoms with Crippen LogP contribution in [0.25, 0.3) is 0 Å². The molecule has 0 aliphatic heterocycles. The van der Waals surface area contributed by atoms with Crippen molar-refractivity contribution in [3.8, 4) is 0 Å². The van der Waals surface area contributed by atoms with E-state index in [-0.39, 0.29) is 31.9 Å². The zero-order valence-corrected chi connectivity index (χ0v) is 13.5. The van der Waals surface area contributed by atoms with Gasteiger partial charge in [0.25, 0.3) is 0 Å². The van der Waals surface area contributed by atoms with Crippen molar-refractivity contribution in [3.63, 3.8) is 0 Å². The van der Waals surface area contributed by atoms with E-state index in [2.05, 4.69) is 17.2 Å². The first-order valence-corrected chi connectivity index (χ1v) is 6.73. The lowest BCUT2D eigenvalue weighted by molar-refractivity contribution is -0.159. The van der Waals surface area contributed by atoms with Crippen LogP contribution in [-0.4, -0.2) is 57.0 Å². The third kappa shape index (κ3) is 9.76. The molecular formula is C14H24N2O6. The Kier molecular flexibility index (Phi) is 8.85. The summed E-state index contributed by atoms with van der Waals surface area (Å²) in [6.45, 7) is 8.46. The van der Waals surface area contributed by atoms with Crippen molar-refractivity contribution in [1.82, 2.24) is 10.6 Å². The third-order valence-corrected chi connectivity index (χ3v) is 2.24. The number of rotatable bonds is 9. The van der Waals surface area contributed by atoms with Gasteiger partial charge in [0.05, 0.1) is 13.2 Å². The monoisotopic (exact) mass is 316 g/mol. The van der Waals surface area contributed by atoms with Crippen molar-refractivity contribution < 1.29 is 28.6 Å². The molecule has 0 bridgehead atoms. The van der Waals surface area contributed by atoms with E-state index in [1.807, 2.05) is 0 Å². The van der Waals surface area contributed by atoms with Gasteiger partial charge in [-0.1, -0.05) is 6.58 Å². The number of amides is 2. The highest BCUT2D eigenvalue weighted by molar-refractivity contribution is 5.87. The van der Waals surface area contributed by atoms with E-state index in [9.17, 15) is 14.4 Å². The molecule has 0 heterocycles. The highest BCUT2D eigenvalue weighted by Gasteiger charge is 2.22. The second-order valence-electron chi connectivity index (χ2n) is 5.19. The Bertz CT molecular complexity index is 420. The van der Waals surface area contributed by atoms with Gasteiger partial charge in [0.2, 0.25) is 0 Å². The van der Waals surface area contributed by atoms with E-state index < -0.39 is 23.6 Å². The topological polar surface area (TPSA) is 103 Å². The van der Waals surface area contributed by atoms with E-state index >= 15 is 0 Å². The molecule has 0 radical (unpaired) electrons. The van der Waals surface area contributed by atoms with Crippen molar-refractivity contribution >= 4 is 18.0 Å². The minimum absolute atomic E-state index is 0.0183. The lowest BCUT2D eigenvalue weighted by Crippen LogP contribution is -2.42. The molecule has 8 nitrogen and oxygen atoms in total. The molecule has 8 heteroatoms. The quantitative estimate of drug-likeness (QED) is 0.362. The first kappa shape index (κ1) is 19.9. The molecule has 0 aromatic carbocycles. The van der Waals surface area contributed by atoms with Crippen LogP contribution in [0.1, 0.15) is 20.8 Å². The summed E-state index contributed by atoms with van der Waals surface area (Å²) in [5.74, 6) is -1.10. The van der Waals surface area contributed by atoms with Gasteiger partial charge in [-0.3, -0.25) is 4.79 Å². The summed E-state index contributed by atoms with van der Waals surface area (Å²) in [6.07, 6.45) is 0. The summed E-state index contributed by atoms with van der Waals surface area (Å²) in [5.41, 5.74) is -0.480. The van der Waals surface area contributed by atoms with Gasteiger partial charge in [0.15, 0.2) is 0 Å². The van der Waals surface area contributed by atoms with Gasteiger partial charge in [-0.2, -0.15) is 0 Å². The Morgan fingerprint density at radius 3 is 2.36 bits per heavy atom. The van der Waals surface area contributed by atoms with Gasteiger partial charge in [0.1, 0.15) is 18.8 Å². The fourth-order valence-corrected chi connectivity index (χ4v) is 1.37. The van der Waals surface area contributed by atoms with Crippen LogP contribution in [0.2, 0.25) is 0 Å². The van der Waals surface area contributed by atoms with Crippen molar-refractivity contribution in [1.29, 1.82) is 0 Å². The van der Waals surface area contributed by atoms with Crippen LogP contribution in [0, 0.1) is 0 Å². The van der Waals surface area contributed by atoms with Crippen LogP contribution in [0.3, 0.4) is 0 Å². The summed E-state index contributed by atoms with van der Waals surface area (Å²) < 4.78 is 14.8. The lowest BCUT2D eigenvalue weighted by Gasteiger charge is -2.24. The molecule has 0 aliphatic carbocycles. The molecule has 0 aromatic heterocycles. The van der Waals surface area contributed by atoms with Crippen LogP contribution in [0.4, 0.5) is 4.79 Å². The van der Waals surface area contributed by atoms with Crippen LogP contribution in [-0.2, 0) is 23.8 Å². The Labute approximate surface area is 130 Å². The maximum atomic E-state index is 11.5. The summed E-state index contributed by atoms with van der Waals surface area (Å²) >= 11 is 0. The molecule has 2 amide bonds. The zero-order valence-electron chi connectivity index (χ0n) is 13.5.